The minimum absolute atomic E-state index is 0.122. The zero-order valence-corrected chi connectivity index (χ0v) is 22.0. The van der Waals surface area contributed by atoms with Gasteiger partial charge in [0, 0.05) is 28.4 Å². The van der Waals surface area contributed by atoms with E-state index in [0.717, 1.165) is 49.4 Å². The topological polar surface area (TPSA) is 71.1 Å². The summed E-state index contributed by atoms with van der Waals surface area (Å²) in [6, 6.07) is 17.1. The molecule has 0 aliphatic heterocycles. The largest absolute Gasteiger partial charge is 0.497 e. The molecule has 0 spiro atoms. The van der Waals surface area contributed by atoms with Gasteiger partial charge in [-0.2, -0.15) is 0 Å². The molecule has 3 aromatic carbocycles. The minimum atomic E-state index is -1.47. The maximum absolute atomic E-state index is 12.9. The van der Waals surface area contributed by atoms with E-state index in [1.165, 1.54) is 14.2 Å². The summed E-state index contributed by atoms with van der Waals surface area (Å²) in [5, 5.41) is 0. The summed E-state index contributed by atoms with van der Waals surface area (Å²) in [6.45, 7) is 0. The van der Waals surface area contributed by atoms with Crippen LogP contribution in [-0.2, 0) is 31.9 Å². The van der Waals surface area contributed by atoms with Crippen LogP contribution in [-0.4, -0.2) is 40.4 Å². The van der Waals surface area contributed by atoms with Gasteiger partial charge in [-0.25, -0.2) is 0 Å². The smallest absolute Gasteiger partial charge is 0.323 e. The number of carbonyl (C=O) groups is 2. The van der Waals surface area contributed by atoms with E-state index in [0.29, 0.717) is 0 Å². The summed E-state index contributed by atoms with van der Waals surface area (Å²) in [5.74, 6) is 6.78. The molecule has 184 valence electrons. The SMILES string of the molecule is COC(=O)C1(C(=O)OC)Cc2c(Br)cc(-c3ccc(OC)cc3)c(C#Cc3ccc(OC)cc3)c2C1. The van der Waals surface area contributed by atoms with Crippen LogP contribution in [0.4, 0.5) is 0 Å². The first-order valence-corrected chi connectivity index (χ1v) is 12.0. The predicted octanol–water partition coefficient (Wildman–Crippen LogP) is 4.96. The van der Waals surface area contributed by atoms with Gasteiger partial charge in [0.05, 0.1) is 28.4 Å². The molecule has 0 unspecified atom stereocenters. The molecule has 0 saturated heterocycles. The fourth-order valence-corrected chi connectivity index (χ4v) is 5.12. The lowest BCUT2D eigenvalue weighted by molar-refractivity contribution is -0.168. The molecule has 0 radical (unpaired) electrons. The van der Waals surface area contributed by atoms with E-state index in [1.54, 1.807) is 14.2 Å². The van der Waals surface area contributed by atoms with E-state index < -0.39 is 17.4 Å². The third-order valence-corrected chi connectivity index (χ3v) is 7.13. The first-order chi connectivity index (χ1) is 17.4. The van der Waals surface area contributed by atoms with Crippen LogP contribution in [0.5, 0.6) is 11.5 Å². The van der Waals surface area contributed by atoms with E-state index in [9.17, 15) is 9.59 Å². The average Bonchev–Trinajstić information content (AvgIpc) is 3.34. The standard InChI is InChI=1S/C29H25BrO6/c1-33-20-10-5-18(6-11-20)7-14-22-23(19-8-12-21(34-2)13-9-19)15-26(30)25-17-29(16-24(22)25,27(31)35-3)28(32)36-4/h5-6,8-13,15H,16-17H2,1-4H3. The van der Waals surface area contributed by atoms with Crippen LogP contribution in [0.3, 0.4) is 0 Å². The highest BCUT2D eigenvalue weighted by Gasteiger charge is 2.53. The number of methoxy groups -OCH3 is 4. The number of benzene rings is 3. The van der Waals surface area contributed by atoms with Crippen molar-refractivity contribution in [3.8, 4) is 34.5 Å². The Balaban J connectivity index is 1.92. The van der Waals surface area contributed by atoms with E-state index in [4.69, 9.17) is 18.9 Å². The van der Waals surface area contributed by atoms with Gasteiger partial charge < -0.3 is 18.9 Å². The van der Waals surface area contributed by atoms with Crippen molar-refractivity contribution in [2.24, 2.45) is 5.41 Å². The van der Waals surface area contributed by atoms with Crippen LogP contribution in [0, 0.1) is 17.3 Å². The van der Waals surface area contributed by atoms with Gasteiger partial charge in [0.15, 0.2) is 5.41 Å². The lowest BCUT2D eigenvalue weighted by Crippen LogP contribution is -2.42. The fourth-order valence-electron chi connectivity index (χ4n) is 4.51. The number of hydrogen-bond acceptors (Lipinski definition) is 6. The Morgan fingerprint density at radius 2 is 1.31 bits per heavy atom. The second-order valence-corrected chi connectivity index (χ2v) is 9.22. The highest BCUT2D eigenvalue weighted by molar-refractivity contribution is 9.10. The summed E-state index contributed by atoms with van der Waals surface area (Å²) in [7, 11) is 5.78. The Kier molecular flexibility index (Phi) is 7.37. The number of halogens is 1. The molecule has 36 heavy (non-hydrogen) atoms. The third-order valence-electron chi connectivity index (χ3n) is 6.43. The molecule has 0 atom stereocenters. The molecule has 0 fully saturated rings. The molecule has 3 aromatic rings. The molecule has 1 aliphatic rings. The summed E-state index contributed by atoms with van der Waals surface area (Å²) in [6.07, 6.45) is 0.277. The quantitative estimate of drug-likeness (QED) is 0.255. The molecule has 7 heteroatoms. The van der Waals surface area contributed by atoms with Crippen molar-refractivity contribution in [2.45, 2.75) is 12.8 Å². The van der Waals surface area contributed by atoms with Gasteiger partial charge in [0.25, 0.3) is 0 Å². The van der Waals surface area contributed by atoms with Crippen molar-refractivity contribution in [3.05, 3.63) is 81.3 Å². The fraction of sp³-hybridized carbons (Fsp3) is 0.241. The lowest BCUT2D eigenvalue weighted by atomic mass is 9.84. The number of carbonyl (C=O) groups excluding carboxylic acids is 2. The molecule has 6 nitrogen and oxygen atoms in total. The summed E-state index contributed by atoms with van der Waals surface area (Å²) in [4.78, 5) is 25.8. The highest BCUT2D eigenvalue weighted by Crippen LogP contribution is 2.46. The maximum atomic E-state index is 12.9. The van der Waals surface area contributed by atoms with Crippen LogP contribution in [0.15, 0.2) is 59.1 Å². The van der Waals surface area contributed by atoms with Crippen LogP contribution in [0.25, 0.3) is 11.1 Å². The maximum Gasteiger partial charge on any atom is 0.323 e. The monoisotopic (exact) mass is 548 g/mol. The molecule has 0 aromatic heterocycles. The molecule has 1 aliphatic carbocycles. The Morgan fingerprint density at radius 3 is 1.83 bits per heavy atom. The molecule has 0 saturated carbocycles. The Hall–Kier alpha value is -3.76. The van der Waals surface area contributed by atoms with Crippen LogP contribution in [0.2, 0.25) is 0 Å². The molecular formula is C29H25BrO6. The first-order valence-electron chi connectivity index (χ1n) is 11.2. The molecule has 0 bridgehead atoms. The molecule has 4 rings (SSSR count). The molecule has 0 heterocycles. The van der Waals surface area contributed by atoms with Crippen LogP contribution < -0.4 is 9.47 Å². The van der Waals surface area contributed by atoms with Gasteiger partial charge in [0.2, 0.25) is 0 Å². The van der Waals surface area contributed by atoms with Crippen molar-refractivity contribution >= 4 is 27.9 Å². The Labute approximate surface area is 218 Å². The average molecular weight is 549 g/mol. The number of esters is 2. The van der Waals surface area contributed by atoms with Gasteiger partial charge in [0.1, 0.15) is 11.5 Å². The third kappa shape index (κ3) is 4.57. The summed E-state index contributed by atoms with van der Waals surface area (Å²) < 4.78 is 21.4. The van der Waals surface area contributed by atoms with E-state index in [1.807, 2.05) is 54.6 Å². The van der Waals surface area contributed by atoms with Crippen molar-refractivity contribution < 1.29 is 28.5 Å². The number of hydrogen-bond donors (Lipinski definition) is 0. The van der Waals surface area contributed by atoms with E-state index in [-0.39, 0.29) is 12.8 Å². The van der Waals surface area contributed by atoms with E-state index >= 15 is 0 Å². The lowest BCUT2D eigenvalue weighted by Gasteiger charge is -2.22. The zero-order chi connectivity index (χ0) is 25.9. The van der Waals surface area contributed by atoms with Crippen LogP contribution in [0.1, 0.15) is 22.3 Å². The second-order valence-electron chi connectivity index (χ2n) is 8.36. The van der Waals surface area contributed by atoms with Gasteiger partial charge >= 0.3 is 11.9 Å². The predicted molar refractivity (Wildman–Crippen MR) is 139 cm³/mol. The summed E-state index contributed by atoms with van der Waals surface area (Å²) >= 11 is 3.67. The van der Waals surface area contributed by atoms with Gasteiger partial charge in [-0.3, -0.25) is 9.59 Å². The number of rotatable bonds is 5. The normalized spacial score (nSPS) is 13.1. The van der Waals surface area contributed by atoms with Crippen molar-refractivity contribution in [1.29, 1.82) is 0 Å². The molecular weight excluding hydrogens is 524 g/mol. The minimum Gasteiger partial charge on any atom is -0.497 e. The van der Waals surface area contributed by atoms with Crippen LogP contribution >= 0.6 is 15.9 Å². The molecule has 0 N–H and O–H groups in total. The van der Waals surface area contributed by atoms with Gasteiger partial charge in [-0.1, -0.05) is 39.9 Å². The Bertz CT molecular complexity index is 1350. The Morgan fingerprint density at radius 1 is 0.778 bits per heavy atom. The number of ether oxygens (including phenoxy) is 4. The van der Waals surface area contributed by atoms with Crippen molar-refractivity contribution in [2.75, 3.05) is 28.4 Å². The zero-order valence-electron chi connectivity index (χ0n) is 20.4. The second kappa shape index (κ2) is 10.5. The van der Waals surface area contributed by atoms with E-state index in [2.05, 4.69) is 27.8 Å². The first kappa shape index (κ1) is 25.3. The summed E-state index contributed by atoms with van der Waals surface area (Å²) in [5.41, 5.74) is 3.52. The van der Waals surface area contributed by atoms with Crippen molar-refractivity contribution in [3.63, 3.8) is 0 Å². The van der Waals surface area contributed by atoms with Crippen molar-refractivity contribution in [1.82, 2.24) is 0 Å². The molecule has 0 amide bonds. The van der Waals surface area contributed by atoms with Gasteiger partial charge in [-0.15, -0.1) is 0 Å². The highest BCUT2D eigenvalue weighted by atomic mass is 79.9. The van der Waals surface area contributed by atoms with Gasteiger partial charge in [-0.05, 0) is 64.7 Å². The number of fused-ring (bicyclic) bond motifs is 1.